The molecule has 2 N–H and O–H groups in total. The van der Waals surface area contributed by atoms with Crippen molar-refractivity contribution in [1.29, 1.82) is 0 Å². The molecule has 1 aromatic heterocycles. The Labute approximate surface area is 133 Å². The van der Waals surface area contributed by atoms with Gasteiger partial charge in [0.1, 0.15) is 0 Å². The summed E-state index contributed by atoms with van der Waals surface area (Å²) in [6, 6.07) is 5.98. The Balaban J connectivity index is 1.80. The molecule has 124 valence electrons. The summed E-state index contributed by atoms with van der Waals surface area (Å²) >= 11 is 0. The molecule has 23 heavy (non-hydrogen) atoms. The summed E-state index contributed by atoms with van der Waals surface area (Å²) in [5.74, 6) is -1.16. The maximum Gasteiger partial charge on any atom is 0.289 e. The van der Waals surface area contributed by atoms with E-state index < -0.39 is 15.8 Å². The fourth-order valence-electron chi connectivity index (χ4n) is 3.00. The molecule has 1 atom stereocenters. The van der Waals surface area contributed by atoms with Crippen LogP contribution in [0.2, 0.25) is 0 Å². The Hall–Kier alpha value is -1.93. The molecular weight excluding hydrogens is 323 g/mol. The lowest BCUT2D eigenvalue weighted by atomic mass is 10.00. The van der Waals surface area contributed by atoms with Crippen LogP contribution >= 0.6 is 0 Å². The van der Waals surface area contributed by atoms with E-state index in [9.17, 15) is 17.6 Å². The second-order valence-corrected chi connectivity index (χ2v) is 7.52. The average Bonchev–Trinajstić information content (AvgIpc) is 2.90. The second kappa shape index (κ2) is 5.93. The lowest BCUT2D eigenvalue weighted by molar-refractivity contribution is 0.0654. The highest BCUT2D eigenvalue weighted by Crippen LogP contribution is 2.25. The van der Waals surface area contributed by atoms with Gasteiger partial charge in [0.15, 0.2) is 17.2 Å². The monoisotopic (exact) mass is 340 g/mol. The Morgan fingerprint density at radius 3 is 2.91 bits per heavy atom. The van der Waals surface area contributed by atoms with Gasteiger partial charge in [0, 0.05) is 18.5 Å². The van der Waals surface area contributed by atoms with Gasteiger partial charge in [-0.1, -0.05) is 12.1 Å². The first-order valence-electron chi connectivity index (χ1n) is 7.31. The Kier molecular flexibility index (Phi) is 4.11. The van der Waals surface area contributed by atoms with Gasteiger partial charge >= 0.3 is 0 Å². The van der Waals surface area contributed by atoms with Crippen LogP contribution < -0.4 is 5.14 Å². The van der Waals surface area contributed by atoms with Crippen molar-refractivity contribution in [2.75, 3.05) is 18.8 Å². The van der Waals surface area contributed by atoms with Crippen molar-refractivity contribution in [1.82, 2.24) is 4.90 Å². The van der Waals surface area contributed by atoms with Gasteiger partial charge in [-0.2, -0.15) is 0 Å². The van der Waals surface area contributed by atoms with E-state index in [2.05, 4.69) is 0 Å². The van der Waals surface area contributed by atoms with Crippen LogP contribution in [0, 0.1) is 11.7 Å². The van der Waals surface area contributed by atoms with Crippen LogP contribution in [0.15, 0.2) is 28.7 Å². The molecule has 0 radical (unpaired) electrons. The van der Waals surface area contributed by atoms with Gasteiger partial charge < -0.3 is 9.32 Å². The minimum Gasteiger partial charge on any atom is -0.448 e. The number of nitrogens with zero attached hydrogens (tertiary/aromatic N) is 1. The number of hydrogen-bond acceptors (Lipinski definition) is 4. The topological polar surface area (TPSA) is 93.6 Å². The molecule has 0 aliphatic carbocycles. The van der Waals surface area contributed by atoms with Crippen LogP contribution in [0.4, 0.5) is 4.39 Å². The molecule has 0 spiro atoms. The quantitative estimate of drug-likeness (QED) is 0.920. The Morgan fingerprint density at radius 1 is 1.43 bits per heavy atom. The average molecular weight is 340 g/mol. The number of carbonyl (C=O) groups is 1. The molecule has 1 aromatic carbocycles. The number of primary sulfonamides is 1. The van der Waals surface area contributed by atoms with Crippen molar-refractivity contribution < 1.29 is 22.0 Å². The Bertz CT molecular complexity index is 846. The second-order valence-electron chi connectivity index (χ2n) is 5.86. The van der Waals surface area contributed by atoms with Crippen molar-refractivity contribution >= 4 is 26.9 Å². The molecule has 1 amide bonds. The van der Waals surface area contributed by atoms with Gasteiger partial charge in [0.25, 0.3) is 5.91 Å². The molecule has 0 saturated carbocycles. The molecule has 1 aliphatic rings. The molecular formula is C15H17FN2O4S. The normalized spacial score (nSPS) is 19.2. The highest BCUT2D eigenvalue weighted by molar-refractivity contribution is 7.89. The van der Waals surface area contributed by atoms with E-state index in [0.717, 1.165) is 0 Å². The fraction of sp³-hybridized carbons (Fsp3) is 0.400. The third-order valence-corrected chi connectivity index (χ3v) is 4.92. The fourth-order valence-corrected chi connectivity index (χ4v) is 3.93. The van der Waals surface area contributed by atoms with E-state index >= 15 is 0 Å². The SMILES string of the molecule is NS(=O)(=O)C[C@H]1CCCN(C(=O)c2cc3cccc(F)c3o2)C1. The predicted octanol–water partition coefficient (Wildman–Crippen LogP) is 1.71. The van der Waals surface area contributed by atoms with Gasteiger partial charge in [0.2, 0.25) is 10.0 Å². The summed E-state index contributed by atoms with van der Waals surface area (Å²) in [4.78, 5) is 14.1. The van der Waals surface area contributed by atoms with E-state index in [4.69, 9.17) is 9.56 Å². The number of para-hydroxylation sites is 1. The van der Waals surface area contributed by atoms with Crippen molar-refractivity contribution in [3.63, 3.8) is 0 Å². The number of sulfonamides is 1. The number of halogens is 1. The first-order valence-corrected chi connectivity index (χ1v) is 9.03. The highest BCUT2D eigenvalue weighted by Gasteiger charge is 2.28. The zero-order chi connectivity index (χ0) is 16.6. The van der Waals surface area contributed by atoms with Crippen molar-refractivity contribution in [3.05, 3.63) is 35.8 Å². The maximum atomic E-state index is 13.7. The summed E-state index contributed by atoms with van der Waals surface area (Å²) in [5, 5.41) is 5.60. The molecule has 6 nitrogen and oxygen atoms in total. The predicted molar refractivity (Wildman–Crippen MR) is 82.8 cm³/mol. The zero-order valence-corrected chi connectivity index (χ0v) is 13.2. The number of benzene rings is 1. The molecule has 0 bridgehead atoms. The van der Waals surface area contributed by atoms with Crippen LogP contribution in [0.1, 0.15) is 23.4 Å². The smallest absolute Gasteiger partial charge is 0.289 e. The largest absolute Gasteiger partial charge is 0.448 e. The van der Waals surface area contributed by atoms with E-state index in [0.29, 0.717) is 31.3 Å². The zero-order valence-electron chi connectivity index (χ0n) is 12.4. The van der Waals surface area contributed by atoms with E-state index in [1.807, 2.05) is 0 Å². The number of likely N-dealkylation sites (tertiary alicyclic amines) is 1. The molecule has 2 aromatic rings. The van der Waals surface area contributed by atoms with E-state index in [-0.39, 0.29) is 28.9 Å². The minimum absolute atomic E-state index is 0.0499. The third-order valence-electron chi connectivity index (χ3n) is 3.98. The third kappa shape index (κ3) is 3.53. The highest BCUT2D eigenvalue weighted by atomic mass is 32.2. The molecule has 1 saturated heterocycles. The van der Waals surface area contributed by atoms with Crippen molar-refractivity contribution in [2.24, 2.45) is 11.1 Å². The van der Waals surface area contributed by atoms with Gasteiger partial charge in [-0.3, -0.25) is 4.79 Å². The molecule has 0 unspecified atom stereocenters. The number of carbonyl (C=O) groups excluding carboxylic acids is 1. The Morgan fingerprint density at radius 2 is 2.22 bits per heavy atom. The maximum absolute atomic E-state index is 13.7. The van der Waals surface area contributed by atoms with E-state index in [1.54, 1.807) is 12.1 Å². The van der Waals surface area contributed by atoms with Crippen LogP contribution in [-0.4, -0.2) is 38.1 Å². The van der Waals surface area contributed by atoms with Crippen molar-refractivity contribution in [3.8, 4) is 0 Å². The number of amides is 1. The number of rotatable bonds is 3. The minimum atomic E-state index is -3.57. The summed E-state index contributed by atoms with van der Waals surface area (Å²) in [7, 11) is -3.57. The van der Waals surface area contributed by atoms with Gasteiger partial charge in [-0.05, 0) is 30.9 Å². The number of furan rings is 1. The van der Waals surface area contributed by atoms with Crippen LogP contribution in [0.3, 0.4) is 0 Å². The summed E-state index contributed by atoms with van der Waals surface area (Å²) in [6.07, 6.45) is 1.40. The van der Waals surface area contributed by atoms with Gasteiger partial charge in [-0.15, -0.1) is 0 Å². The number of piperidine rings is 1. The van der Waals surface area contributed by atoms with Crippen LogP contribution in [0.5, 0.6) is 0 Å². The van der Waals surface area contributed by atoms with Gasteiger partial charge in [0.05, 0.1) is 5.75 Å². The molecule has 2 heterocycles. The molecule has 1 fully saturated rings. The van der Waals surface area contributed by atoms with Crippen LogP contribution in [-0.2, 0) is 10.0 Å². The standard InChI is InChI=1S/C15H17FN2O4S/c16-12-5-1-4-11-7-13(22-14(11)12)15(19)18-6-2-3-10(8-18)9-23(17,20)21/h1,4-5,7,10H,2-3,6,8-9H2,(H2,17,20,21)/t10-/m0/s1. The summed E-state index contributed by atoms with van der Waals surface area (Å²) in [6.45, 7) is 0.814. The molecule has 3 rings (SSSR count). The number of fused-ring (bicyclic) bond motifs is 1. The van der Waals surface area contributed by atoms with Crippen LogP contribution in [0.25, 0.3) is 11.0 Å². The first-order chi connectivity index (χ1) is 10.8. The van der Waals surface area contributed by atoms with Gasteiger partial charge in [-0.25, -0.2) is 17.9 Å². The molecule has 8 heteroatoms. The summed E-state index contributed by atoms with van der Waals surface area (Å²) < 4.78 is 41.4. The van der Waals surface area contributed by atoms with E-state index in [1.165, 1.54) is 17.0 Å². The first kappa shape index (κ1) is 15.9. The lowest BCUT2D eigenvalue weighted by Gasteiger charge is -2.31. The molecule has 1 aliphatic heterocycles. The summed E-state index contributed by atoms with van der Waals surface area (Å²) in [5.41, 5.74) is 0.0499. The lowest BCUT2D eigenvalue weighted by Crippen LogP contribution is -2.42. The van der Waals surface area contributed by atoms with Crippen molar-refractivity contribution in [2.45, 2.75) is 12.8 Å². The number of nitrogens with two attached hydrogens (primary N) is 1. The number of hydrogen-bond donors (Lipinski definition) is 1.